The molecule has 2 aliphatic heterocycles. The molecule has 0 aromatic carbocycles. The second-order valence-corrected chi connectivity index (χ2v) is 9.86. The summed E-state index contributed by atoms with van der Waals surface area (Å²) >= 11 is 0. The monoisotopic (exact) mass is 454 g/mol. The van der Waals surface area contributed by atoms with Crippen LogP contribution < -0.4 is 4.90 Å². The summed E-state index contributed by atoms with van der Waals surface area (Å²) in [6, 6.07) is 0. The Morgan fingerprint density at radius 2 is 1.90 bits per heavy atom. The standard InChI is InChI=1S/C16H19F5N6O2S/c17-12(18)7-27-14-11(5-23-27)22-6-13(24-14)25-3-1-15(8-25)9-26(10-15)30(28,29)4-2-16(19,20)21/h5-6,12H,1-4,7-10H2. The third kappa shape index (κ3) is 4.19. The first-order valence-electron chi connectivity index (χ1n) is 9.23. The summed E-state index contributed by atoms with van der Waals surface area (Å²) < 4.78 is 88.8. The van der Waals surface area contributed by atoms with E-state index in [1.165, 1.54) is 12.4 Å². The molecule has 0 aliphatic carbocycles. The number of rotatable bonds is 6. The third-order valence-electron chi connectivity index (χ3n) is 5.47. The maximum Gasteiger partial charge on any atom is 0.390 e. The lowest BCUT2D eigenvalue weighted by molar-refractivity contribution is -0.130. The molecule has 0 N–H and O–H groups in total. The van der Waals surface area contributed by atoms with Crippen LogP contribution in [0.4, 0.5) is 27.8 Å². The Morgan fingerprint density at radius 3 is 2.57 bits per heavy atom. The molecule has 2 saturated heterocycles. The van der Waals surface area contributed by atoms with Crippen LogP contribution >= 0.6 is 0 Å². The van der Waals surface area contributed by atoms with Gasteiger partial charge in [0.15, 0.2) is 5.65 Å². The number of alkyl halides is 5. The predicted molar refractivity (Wildman–Crippen MR) is 96.6 cm³/mol. The normalized spacial score (nSPS) is 19.9. The molecule has 166 valence electrons. The maximum atomic E-state index is 12.7. The summed E-state index contributed by atoms with van der Waals surface area (Å²) in [6.07, 6.45) is -4.97. The molecule has 0 radical (unpaired) electrons. The zero-order valence-electron chi connectivity index (χ0n) is 15.7. The highest BCUT2D eigenvalue weighted by Crippen LogP contribution is 2.42. The number of hydrogen-bond acceptors (Lipinski definition) is 6. The fourth-order valence-corrected chi connectivity index (χ4v) is 5.61. The number of nitrogens with zero attached hydrogens (tertiary/aromatic N) is 6. The number of anilines is 1. The summed E-state index contributed by atoms with van der Waals surface area (Å²) in [5.41, 5.74) is 0.267. The van der Waals surface area contributed by atoms with Crippen LogP contribution in [0.3, 0.4) is 0 Å². The molecule has 4 rings (SSSR count). The fourth-order valence-electron chi connectivity index (χ4n) is 3.92. The third-order valence-corrected chi connectivity index (χ3v) is 7.23. The number of halogens is 5. The smallest absolute Gasteiger partial charge is 0.355 e. The van der Waals surface area contributed by atoms with Crippen LogP contribution in [-0.2, 0) is 16.6 Å². The largest absolute Gasteiger partial charge is 0.390 e. The Bertz CT molecular complexity index is 1030. The van der Waals surface area contributed by atoms with E-state index < -0.39 is 41.3 Å². The Hall–Kier alpha value is -2.09. The van der Waals surface area contributed by atoms with Gasteiger partial charge in [-0.1, -0.05) is 0 Å². The van der Waals surface area contributed by atoms with Crippen molar-refractivity contribution in [1.82, 2.24) is 24.1 Å². The molecule has 8 nitrogen and oxygen atoms in total. The van der Waals surface area contributed by atoms with Crippen molar-refractivity contribution in [2.75, 3.05) is 36.8 Å². The molecule has 2 fully saturated rings. The van der Waals surface area contributed by atoms with Gasteiger partial charge in [-0.25, -0.2) is 36.2 Å². The topological polar surface area (TPSA) is 84.2 Å². The predicted octanol–water partition coefficient (Wildman–Crippen LogP) is 1.89. The van der Waals surface area contributed by atoms with Gasteiger partial charge in [-0.05, 0) is 6.42 Å². The fraction of sp³-hybridized carbons (Fsp3) is 0.688. The molecule has 2 aromatic rings. The molecule has 1 spiro atoms. The van der Waals surface area contributed by atoms with Crippen molar-refractivity contribution in [2.24, 2.45) is 5.41 Å². The van der Waals surface area contributed by atoms with E-state index in [1.54, 1.807) is 0 Å². The lowest BCUT2D eigenvalue weighted by atomic mass is 9.81. The van der Waals surface area contributed by atoms with Gasteiger partial charge in [0.25, 0.3) is 6.43 Å². The van der Waals surface area contributed by atoms with E-state index >= 15 is 0 Å². The Morgan fingerprint density at radius 1 is 1.17 bits per heavy atom. The van der Waals surface area contributed by atoms with E-state index in [-0.39, 0.29) is 24.2 Å². The number of sulfonamides is 1. The van der Waals surface area contributed by atoms with Gasteiger partial charge in [0.05, 0.1) is 24.6 Å². The molecule has 0 unspecified atom stereocenters. The van der Waals surface area contributed by atoms with Crippen molar-refractivity contribution < 1.29 is 30.4 Å². The minimum absolute atomic E-state index is 0.155. The van der Waals surface area contributed by atoms with Gasteiger partial charge in [-0.15, -0.1) is 0 Å². The molecule has 2 aliphatic rings. The van der Waals surface area contributed by atoms with E-state index in [0.717, 1.165) is 8.99 Å². The average Bonchev–Trinajstić information content (AvgIpc) is 3.23. The van der Waals surface area contributed by atoms with Crippen molar-refractivity contribution >= 4 is 27.0 Å². The van der Waals surface area contributed by atoms with Crippen LogP contribution in [0.5, 0.6) is 0 Å². The second-order valence-electron chi connectivity index (χ2n) is 7.78. The first kappa shape index (κ1) is 21.2. The lowest BCUT2D eigenvalue weighted by Crippen LogP contribution is -2.60. The first-order chi connectivity index (χ1) is 14.0. The summed E-state index contributed by atoms with van der Waals surface area (Å²) in [5, 5.41) is 3.87. The summed E-state index contributed by atoms with van der Waals surface area (Å²) in [7, 11) is -3.96. The van der Waals surface area contributed by atoms with Gasteiger partial charge in [-0.2, -0.15) is 18.3 Å². The molecule has 2 aromatic heterocycles. The average molecular weight is 454 g/mol. The van der Waals surface area contributed by atoms with E-state index in [0.29, 0.717) is 30.8 Å². The van der Waals surface area contributed by atoms with Crippen molar-refractivity contribution in [1.29, 1.82) is 0 Å². The molecule has 30 heavy (non-hydrogen) atoms. The minimum atomic E-state index is -4.52. The van der Waals surface area contributed by atoms with E-state index in [2.05, 4.69) is 15.1 Å². The highest BCUT2D eigenvalue weighted by molar-refractivity contribution is 7.89. The van der Waals surface area contributed by atoms with Gasteiger partial charge in [-0.3, -0.25) is 0 Å². The van der Waals surface area contributed by atoms with Crippen molar-refractivity contribution in [3.63, 3.8) is 0 Å². The van der Waals surface area contributed by atoms with Gasteiger partial charge >= 0.3 is 6.18 Å². The maximum absolute atomic E-state index is 12.7. The summed E-state index contributed by atoms with van der Waals surface area (Å²) in [6.45, 7) is 0.725. The van der Waals surface area contributed by atoms with Crippen LogP contribution in [-0.4, -0.2) is 77.0 Å². The quantitative estimate of drug-likeness (QED) is 0.620. The van der Waals surface area contributed by atoms with Crippen molar-refractivity contribution in [3.8, 4) is 0 Å². The van der Waals surface area contributed by atoms with Gasteiger partial charge in [0, 0.05) is 31.6 Å². The molecule has 4 heterocycles. The lowest BCUT2D eigenvalue weighted by Gasteiger charge is -2.46. The first-order valence-corrected chi connectivity index (χ1v) is 10.8. The van der Waals surface area contributed by atoms with Crippen LogP contribution in [0.1, 0.15) is 12.8 Å². The Kier molecular flexibility index (Phi) is 5.11. The van der Waals surface area contributed by atoms with Crippen LogP contribution in [0.15, 0.2) is 12.4 Å². The molecule has 0 atom stereocenters. The van der Waals surface area contributed by atoms with Crippen molar-refractivity contribution in [2.45, 2.75) is 32.0 Å². The van der Waals surface area contributed by atoms with Crippen molar-refractivity contribution in [3.05, 3.63) is 12.4 Å². The summed E-state index contributed by atoms with van der Waals surface area (Å²) in [4.78, 5) is 10.5. The SMILES string of the molecule is O=S(=O)(CCC(F)(F)F)N1CC2(CCN(c3cnc4cnn(CC(F)F)c4n3)C2)C1. The van der Waals surface area contributed by atoms with Gasteiger partial charge in [0.1, 0.15) is 17.9 Å². The molecule has 14 heteroatoms. The van der Waals surface area contributed by atoms with Gasteiger partial charge < -0.3 is 4.90 Å². The highest BCUT2D eigenvalue weighted by atomic mass is 32.2. The number of aromatic nitrogens is 4. The highest BCUT2D eigenvalue weighted by Gasteiger charge is 2.52. The van der Waals surface area contributed by atoms with Gasteiger partial charge in [0.2, 0.25) is 10.0 Å². The number of fused-ring (bicyclic) bond motifs is 1. The zero-order chi connectivity index (χ0) is 21.7. The number of hydrogen-bond donors (Lipinski definition) is 0. The molecule has 0 amide bonds. The second kappa shape index (κ2) is 7.25. The van der Waals surface area contributed by atoms with Crippen LogP contribution in [0.2, 0.25) is 0 Å². The van der Waals surface area contributed by atoms with E-state index in [4.69, 9.17) is 0 Å². The zero-order valence-corrected chi connectivity index (χ0v) is 16.5. The Balaban J connectivity index is 1.42. The minimum Gasteiger partial charge on any atom is -0.355 e. The summed E-state index contributed by atoms with van der Waals surface area (Å²) in [5.74, 6) is -0.485. The van der Waals surface area contributed by atoms with E-state index in [1.807, 2.05) is 4.90 Å². The molecular formula is C16H19F5N6O2S. The molecular weight excluding hydrogens is 435 g/mol. The molecule has 0 saturated carbocycles. The van der Waals surface area contributed by atoms with Crippen LogP contribution in [0.25, 0.3) is 11.2 Å². The van der Waals surface area contributed by atoms with Crippen LogP contribution in [0, 0.1) is 5.41 Å². The Labute approximate surface area is 168 Å². The van der Waals surface area contributed by atoms with E-state index in [9.17, 15) is 30.4 Å². The molecule has 0 bridgehead atoms.